The van der Waals surface area contributed by atoms with Gasteiger partial charge in [-0.2, -0.15) is 11.3 Å². The maximum Gasteiger partial charge on any atom is 0.273 e. The second kappa shape index (κ2) is 3.27. The van der Waals surface area contributed by atoms with Gasteiger partial charge in [0.15, 0.2) is 5.11 Å². The molecular formula is C8H6N2OS2. The largest absolute Gasteiger partial charge is 0.328 e. The summed E-state index contributed by atoms with van der Waals surface area (Å²) in [5.74, 6) is -0.170. The maximum absolute atomic E-state index is 11.2. The fraction of sp³-hybridized carbons (Fsp3) is 0. The first-order valence-electron chi connectivity index (χ1n) is 3.62. The predicted octanol–water partition coefficient (Wildman–Crippen LogP) is 1.09. The average molecular weight is 210 g/mol. The zero-order chi connectivity index (χ0) is 9.26. The molecule has 0 radical (unpaired) electrons. The van der Waals surface area contributed by atoms with Crippen molar-refractivity contribution in [2.75, 3.05) is 0 Å². The Morgan fingerprint density at radius 2 is 2.31 bits per heavy atom. The average Bonchev–Trinajstić information content (AvgIpc) is 2.63. The zero-order valence-corrected chi connectivity index (χ0v) is 8.17. The Bertz CT molecular complexity index is 381. The Morgan fingerprint density at radius 1 is 1.46 bits per heavy atom. The molecule has 2 rings (SSSR count). The van der Waals surface area contributed by atoms with Gasteiger partial charge in [-0.3, -0.25) is 10.1 Å². The molecule has 3 nitrogen and oxygen atoms in total. The van der Waals surface area contributed by atoms with Crippen LogP contribution in [0.1, 0.15) is 5.56 Å². The fourth-order valence-electron chi connectivity index (χ4n) is 1.01. The molecule has 1 aromatic heterocycles. The summed E-state index contributed by atoms with van der Waals surface area (Å²) in [5, 5.41) is 9.56. The van der Waals surface area contributed by atoms with Crippen molar-refractivity contribution < 1.29 is 4.79 Å². The van der Waals surface area contributed by atoms with Crippen LogP contribution < -0.4 is 10.6 Å². The van der Waals surface area contributed by atoms with Crippen molar-refractivity contribution >= 4 is 40.7 Å². The summed E-state index contributed by atoms with van der Waals surface area (Å²) in [4.78, 5) is 11.2. The lowest BCUT2D eigenvalue weighted by Gasteiger charge is -1.91. The lowest BCUT2D eigenvalue weighted by Crippen LogP contribution is -2.21. The number of hydrogen-bond acceptors (Lipinski definition) is 3. The molecule has 0 bridgehead atoms. The van der Waals surface area contributed by atoms with E-state index >= 15 is 0 Å². The molecule has 1 amide bonds. The van der Waals surface area contributed by atoms with Crippen LogP contribution in [0.3, 0.4) is 0 Å². The van der Waals surface area contributed by atoms with Gasteiger partial charge in [0, 0.05) is 0 Å². The molecule has 0 aromatic carbocycles. The first kappa shape index (κ1) is 8.40. The van der Waals surface area contributed by atoms with Crippen molar-refractivity contribution in [2.24, 2.45) is 0 Å². The van der Waals surface area contributed by atoms with Gasteiger partial charge in [-0.25, -0.2) is 0 Å². The summed E-state index contributed by atoms with van der Waals surface area (Å²) in [5.41, 5.74) is 1.51. The first-order valence-corrected chi connectivity index (χ1v) is 4.97. The molecule has 66 valence electrons. The molecule has 13 heavy (non-hydrogen) atoms. The molecule has 0 atom stereocenters. The summed E-state index contributed by atoms with van der Waals surface area (Å²) in [6, 6.07) is 1.94. The number of thiocarbonyl (C=S) groups is 1. The number of carbonyl (C=O) groups excluding carboxylic acids is 1. The van der Waals surface area contributed by atoms with E-state index in [-0.39, 0.29) is 5.91 Å². The molecule has 0 spiro atoms. The number of hydrogen-bond donors (Lipinski definition) is 2. The third kappa shape index (κ3) is 1.76. The summed E-state index contributed by atoms with van der Waals surface area (Å²) in [6.07, 6.45) is 1.77. The van der Waals surface area contributed by atoms with Gasteiger partial charge in [-0.1, -0.05) is 0 Å². The van der Waals surface area contributed by atoms with Crippen LogP contribution in [0, 0.1) is 0 Å². The number of nitrogens with one attached hydrogen (secondary N) is 2. The van der Waals surface area contributed by atoms with Gasteiger partial charge in [0.05, 0.1) is 0 Å². The monoisotopic (exact) mass is 210 g/mol. The number of amides is 1. The molecule has 1 saturated heterocycles. The van der Waals surface area contributed by atoms with Crippen molar-refractivity contribution in [3.05, 3.63) is 28.1 Å². The van der Waals surface area contributed by atoms with Crippen LogP contribution in [0.4, 0.5) is 0 Å². The molecule has 5 heteroatoms. The van der Waals surface area contributed by atoms with E-state index in [0.717, 1.165) is 5.56 Å². The molecule has 1 aliphatic heterocycles. The Morgan fingerprint density at radius 3 is 2.85 bits per heavy atom. The first-order chi connectivity index (χ1) is 6.25. The van der Waals surface area contributed by atoms with Crippen LogP contribution in [-0.2, 0) is 4.79 Å². The molecule has 1 aromatic rings. The van der Waals surface area contributed by atoms with E-state index in [0.29, 0.717) is 10.8 Å². The third-order valence-corrected chi connectivity index (χ3v) is 2.48. The van der Waals surface area contributed by atoms with Crippen LogP contribution in [0.5, 0.6) is 0 Å². The third-order valence-electron chi connectivity index (χ3n) is 1.57. The van der Waals surface area contributed by atoms with E-state index in [2.05, 4.69) is 10.6 Å². The minimum Gasteiger partial charge on any atom is -0.328 e. The Labute approximate surface area is 84.5 Å². The fourth-order valence-corrected chi connectivity index (χ4v) is 1.83. The van der Waals surface area contributed by atoms with Crippen molar-refractivity contribution in [1.29, 1.82) is 0 Å². The Hall–Kier alpha value is -1.20. The second-order valence-electron chi connectivity index (χ2n) is 2.52. The minimum atomic E-state index is -0.170. The minimum absolute atomic E-state index is 0.170. The van der Waals surface area contributed by atoms with E-state index in [1.165, 1.54) is 0 Å². The van der Waals surface area contributed by atoms with Crippen molar-refractivity contribution in [3.8, 4) is 0 Å². The van der Waals surface area contributed by atoms with E-state index in [1.807, 2.05) is 16.8 Å². The van der Waals surface area contributed by atoms with Crippen molar-refractivity contribution in [3.63, 3.8) is 0 Å². The van der Waals surface area contributed by atoms with Gasteiger partial charge in [0.2, 0.25) is 0 Å². The molecule has 0 saturated carbocycles. The lowest BCUT2D eigenvalue weighted by atomic mass is 10.3. The summed E-state index contributed by atoms with van der Waals surface area (Å²) in [7, 11) is 0. The van der Waals surface area contributed by atoms with E-state index in [1.54, 1.807) is 17.4 Å². The second-order valence-corrected chi connectivity index (χ2v) is 3.71. The van der Waals surface area contributed by atoms with Gasteiger partial charge in [-0.15, -0.1) is 0 Å². The zero-order valence-electron chi connectivity index (χ0n) is 6.53. The van der Waals surface area contributed by atoms with Crippen molar-refractivity contribution in [2.45, 2.75) is 0 Å². The topological polar surface area (TPSA) is 41.1 Å². The molecular weight excluding hydrogens is 204 g/mol. The van der Waals surface area contributed by atoms with Crippen LogP contribution in [0.25, 0.3) is 6.08 Å². The maximum atomic E-state index is 11.2. The van der Waals surface area contributed by atoms with Crippen LogP contribution in [-0.4, -0.2) is 11.0 Å². The summed E-state index contributed by atoms with van der Waals surface area (Å²) >= 11 is 6.38. The highest BCUT2D eigenvalue weighted by Crippen LogP contribution is 2.11. The smallest absolute Gasteiger partial charge is 0.273 e. The van der Waals surface area contributed by atoms with Crippen LogP contribution in [0.15, 0.2) is 22.5 Å². The molecule has 1 fully saturated rings. The van der Waals surface area contributed by atoms with Gasteiger partial charge in [-0.05, 0) is 40.7 Å². The van der Waals surface area contributed by atoms with E-state index < -0.39 is 0 Å². The number of carbonyl (C=O) groups is 1. The van der Waals surface area contributed by atoms with Crippen molar-refractivity contribution in [1.82, 2.24) is 10.6 Å². The quantitative estimate of drug-likeness (QED) is 0.538. The predicted molar refractivity (Wildman–Crippen MR) is 56.2 cm³/mol. The highest BCUT2D eigenvalue weighted by atomic mass is 32.1. The summed E-state index contributed by atoms with van der Waals surface area (Å²) < 4.78 is 0. The standard InChI is InChI=1S/C8H6N2OS2/c11-7-6(9-8(12)10-7)3-5-1-2-13-4-5/h1-4H,(H2,9,10,11,12)/b6-3+. The Balaban J connectivity index is 2.27. The van der Waals surface area contributed by atoms with E-state index in [4.69, 9.17) is 12.2 Å². The van der Waals surface area contributed by atoms with Crippen LogP contribution >= 0.6 is 23.6 Å². The molecule has 0 unspecified atom stereocenters. The van der Waals surface area contributed by atoms with Gasteiger partial charge in [0.25, 0.3) is 5.91 Å². The van der Waals surface area contributed by atoms with Gasteiger partial charge in [0.1, 0.15) is 5.70 Å². The molecule has 2 heterocycles. The van der Waals surface area contributed by atoms with Gasteiger partial charge >= 0.3 is 0 Å². The number of thiophene rings is 1. The van der Waals surface area contributed by atoms with Crippen LogP contribution in [0.2, 0.25) is 0 Å². The summed E-state index contributed by atoms with van der Waals surface area (Å²) in [6.45, 7) is 0. The van der Waals surface area contributed by atoms with Gasteiger partial charge < -0.3 is 5.32 Å². The molecule has 0 aliphatic carbocycles. The number of rotatable bonds is 1. The highest BCUT2D eigenvalue weighted by Gasteiger charge is 2.19. The lowest BCUT2D eigenvalue weighted by molar-refractivity contribution is -0.115. The van der Waals surface area contributed by atoms with E-state index in [9.17, 15) is 4.79 Å². The highest BCUT2D eigenvalue weighted by molar-refractivity contribution is 7.80. The molecule has 2 N–H and O–H groups in total. The Kier molecular flexibility index (Phi) is 2.12. The molecule has 1 aliphatic rings. The normalized spacial score (nSPS) is 18.9. The SMILES string of the molecule is O=C1NC(=S)N/C1=C/c1ccsc1.